The van der Waals surface area contributed by atoms with Crippen LogP contribution in [0.15, 0.2) is 48.8 Å². The predicted molar refractivity (Wildman–Crippen MR) is 133 cm³/mol. The second kappa shape index (κ2) is 9.40. The predicted octanol–water partition coefficient (Wildman–Crippen LogP) is 8.01. The first-order valence-electron chi connectivity index (χ1n) is 8.37. The molecular formula is C18H20Cl6N2Si2. The van der Waals surface area contributed by atoms with Crippen molar-refractivity contribution in [1.29, 1.82) is 0 Å². The number of nitrogens with zero attached hydrogens (tertiary/aromatic N) is 2. The van der Waals surface area contributed by atoms with Gasteiger partial charge in [-0.25, -0.2) is 0 Å². The summed E-state index contributed by atoms with van der Waals surface area (Å²) in [6.07, 6.45) is -3.24. The summed E-state index contributed by atoms with van der Waals surface area (Å²) in [6.45, 7) is 7.89. The van der Waals surface area contributed by atoms with E-state index in [2.05, 4.69) is 0 Å². The minimum absolute atomic E-state index is 0.845. The molecule has 0 spiro atoms. The van der Waals surface area contributed by atoms with Crippen LogP contribution >= 0.6 is 66.5 Å². The summed E-state index contributed by atoms with van der Waals surface area (Å²) in [5.74, 6) is 0. The smallest absolute Gasteiger partial charge is 0.336 e. The summed E-state index contributed by atoms with van der Waals surface area (Å²) in [4.78, 5) is 0. The lowest BCUT2D eigenvalue weighted by Gasteiger charge is -2.33. The highest BCUT2D eigenvalue weighted by Crippen LogP contribution is 2.38. The average Bonchev–Trinajstić information content (AvgIpc) is 2.53. The molecule has 2 aromatic carbocycles. The van der Waals surface area contributed by atoms with Crippen LogP contribution in [0, 0.1) is 27.7 Å². The number of aryl methyl sites for hydroxylation is 4. The summed E-state index contributed by atoms with van der Waals surface area (Å²) in [7, 11) is 0. The quantitative estimate of drug-likeness (QED) is 0.274. The maximum absolute atomic E-state index is 6.42. The van der Waals surface area contributed by atoms with Crippen LogP contribution < -0.4 is 9.13 Å². The Morgan fingerprint density at radius 2 is 0.821 bits per heavy atom. The van der Waals surface area contributed by atoms with Gasteiger partial charge in [0, 0.05) is 23.8 Å². The molecule has 0 bridgehead atoms. The van der Waals surface area contributed by atoms with Crippen LogP contribution in [0.5, 0.6) is 0 Å². The number of rotatable bonds is 6. The van der Waals surface area contributed by atoms with Crippen molar-refractivity contribution in [2.45, 2.75) is 27.7 Å². The van der Waals surface area contributed by atoms with Gasteiger partial charge >= 0.3 is 12.3 Å². The van der Waals surface area contributed by atoms with Crippen molar-refractivity contribution in [2.24, 2.45) is 0 Å². The highest BCUT2D eigenvalue weighted by Gasteiger charge is 2.38. The molecule has 0 aliphatic rings. The lowest BCUT2D eigenvalue weighted by Crippen LogP contribution is -2.40. The highest BCUT2D eigenvalue weighted by molar-refractivity contribution is 7.66. The van der Waals surface area contributed by atoms with Gasteiger partial charge in [-0.05, 0) is 49.9 Å². The van der Waals surface area contributed by atoms with E-state index in [-0.39, 0.29) is 0 Å². The van der Waals surface area contributed by atoms with Crippen LogP contribution in [-0.2, 0) is 0 Å². The Balaban J connectivity index is 2.60. The van der Waals surface area contributed by atoms with E-state index in [1.807, 2.05) is 64.1 Å². The lowest BCUT2D eigenvalue weighted by atomic mass is 10.1. The molecule has 0 aliphatic carbocycles. The van der Waals surface area contributed by atoms with Crippen molar-refractivity contribution in [2.75, 3.05) is 9.13 Å². The Hall–Kier alpha value is -0.0462. The van der Waals surface area contributed by atoms with Crippen molar-refractivity contribution in [3.63, 3.8) is 0 Å². The van der Waals surface area contributed by atoms with Gasteiger partial charge in [-0.2, -0.15) is 0 Å². The normalized spacial score (nSPS) is 12.5. The number of halogens is 6. The van der Waals surface area contributed by atoms with Gasteiger partial charge < -0.3 is 9.13 Å². The van der Waals surface area contributed by atoms with Crippen LogP contribution in [0.25, 0.3) is 0 Å². The fraction of sp³-hybridized carbons (Fsp3) is 0.222. The SMILES string of the molecule is Cc1cccc(C)c1N(C=CN(c1c(C)cccc1C)[Si](Cl)(Cl)Cl)[Si](Cl)(Cl)Cl. The molecule has 2 rings (SSSR count). The number of anilines is 2. The molecule has 0 atom stereocenters. The number of para-hydroxylation sites is 2. The van der Waals surface area contributed by atoms with Crippen molar-refractivity contribution in [3.8, 4) is 0 Å². The van der Waals surface area contributed by atoms with Gasteiger partial charge in [0.1, 0.15) is 0 Å². The Labute approximate surface area is 196 Å². The van der Waals surface area contributed by atoms with E-state index < -0.39 is 12.3 Å². The molecule has 0 fully saturated rings. The molecular weight excluding hydrogens is 513 g/mol. The summed E-state index contributed by atoms with van der Waals surface area (Å²) in [5, 5.41) is 0. The maximum atomic E-state index is 6.42. The second-order valence-electron chi connectivity index (χ2n) is 6.45. The highest BCUT2D eigenvalue weighted by atomic mass is 35.8. The third kappa shape index (κ3) is 5.76. The van der Waals surface area contributed by atoms with E-state index in [9.17, 15) is 0 Å². The molecule has 0 N–H and O–H groups in total. The lowest BCUT2D eigenvalue weighted by molar-refractivity contribution is 1.25. The minimum atomic E-state index is -3.32. The summed E-state index contributed by atoms with van der Waals surface area (Å²) >= 11 is 38.5. The third-order valence-corrected chi connectivity index (χ3v) is 9.39. The summed E-state index contributed by atoms with van der Waals surface area (Å²) in [5.41, 5.74) is 5.67. The largest absolute Gasteiger partial charge is 0.458 e. The molecule has 2 aromatic rings. The molecule has 0 saturated heterocycles. The molecule has 0 heterocycles. The Morgan fingerprint density at radius 1 is 0.571 bits per heavy atom. The molecule has 10 heteroatoms. The molecule has 0 amide bonds. The van der Waals surface area contributed by atoms with E-state index in [0.717, 1.165) is 33.6 Å². The van der Waals surface area contributed by atoms with E-state index in [1.54, 1.807) is 21.5 Å². The first-order chi connectivity index (χ1) is 12.8. The zero-order valence-corrected chi connectivity index (χ0v) is 22.3. The third-order valence-electron chi connectivity index (χ3n) is 4.27. The molecule has 28 heavy (non-hydrogen) atoms. The molecule has 152 valence electrons. The van der Waals surface area contributed by atoms with Gasteiger partial charge in [0.2, 0.25) is 0 Å². The standard InChI is InChI=1S/C18H20Cl6N2Si2/c1-13-7-5-8-14(2)17(13)25(27(19,20)21)11-12-26(28(22,23)24)18-15(3)9-6-10-16(18)4/h5-12H,1-4H3. The van der Waals surface area contributed by atoms with Crippen LogP contribution in [0.2, 0.25) is 0 Å². The number of hydrogen-bond donors (Lipinski definition) is 0. The molecule has 2 nitrogen and oxygen atoms in total. The fourth-order valence-corrected chi connectivity index (χ4v) is 7.30. The minimum Gasteiger partial charge on any atom is -0.336 e. The monoisotopic (exact) mass is 530 g/mol. The zero-order valence-electron chi connectivity index (χ0n) is 15.8. The van der Waals surface area contributed by atoms with Crippen LogP contribution in [0.4, 0.5) is 11.4 Å². The van der Waals surface area contributed by atoms with Crippen molar-refractivity contribution >= 4 is 90.2 Å². The number of hydrogen-bond acceptors (Lipinski definition) is 2. The van der Waals surface area contributed by atoms with Crippen molar-refractivity contribution in [3.05, 3.63) is 71.1 Å². The Morgan fingerprint density at radius 3 is 1.04 bits per heavy atom. The average molecular weight is 533 g/mol. The van der Waals surface area contributed by atoms with Gasteiger partial charge in [-0.3, -0.25) is 0 Å². The van der Waals surface area contributed by atoms with Gasteiger partial charge in [0.15, 0.2) is 0 Å². The maximum Gasteiger partial charge on any atom is 0.458 e. The first kappa shape index (κ1) is 24.2. The van der Waals surface area contributed by atoms with Crippen LogP contribution in [0.3, 0.4) is 0 Å². The topological polar surface area (TPSA) is 6.48 Å². The molecule has 0 aliphatic heterocycles. The Bertz CT molecular complexity index is 765. The van der Waals surface area contributed by atoms with Gasteiger partial charge in [-0.15, -0.1) is 66.5 Å². The first-order valence-corrected chi connectivity index (χ1v) is 18.3. The molecule has 0 unspecified atom stereocenters. The van der Waals surface area contributed by atoms with E-state index >= 15 is 0 Å². The van der Waals surface area contributed by atoms with E-state index in [0.29, 0.717) is 0 Å². The second-order valence-corrected chi connectivity index (χ2v) is 22.6. The van der Waals surface area contributed by atoms with Crippen LogP contribution in [0.1, 0.15) is 22.3 Å². The van der Waals surface area contributed by atoms with Gasteiger partial charge in [-0.1, -0.05) is 36.4 Å². The Kier molecular flexibility index (Phi) is 8.13. The van der Waals surface area contributed by atoms with Gasteiger partial charge in [0.05, 0.1) is 0 Å². The van der Waals surface area contributed by atoms with E-state index in [4.69, 9.17) is 66.5 Å². The molecule has 0 aromatic heterocycles. The summed E-state index contributed by atoms with van der Waals surface area (Å²) < 4.78 is 3.38. The van der Waals surface area contributed by atoms with Crippen LogP contribution in [-0.4, -0.2) is 12.3 Å². The zero-order chi connectivity index (χ0) is 21.3. The molecule has 0 radical (unpaired) electrons. The van der Waals surface area contributed by atoms with Gasteiger partial charge in [0.25, 0.3) is 0 Å². The molecule has 0 saturated carbocycles. The van der Waals surface area contributed by atoms with Crippen molar-refractivity contribution < 1.29 is 0 Å². The fourth-order valence-electron chi connectivity index (χ4n) is 3.08. The number of benzene rings is 2. The summed E-state index contributed by atoms with van der Waals surface area (Å²) in [6, 6.07) is 11.8. The van der Waals surface area contributed by atoms with E-state index in [1.165, 1.54) is 0 Å². The van der Waals surface area contributed by atoms with Crippen molar-refractivity contribution in [1.82, 2.24) is 0 Å².